The first-order valence-corrected chi connectivity index (χ1v) is 11.7. The van der Waals surface area contributed by atoms with E-state index in [0.717, 1.165) is 12.8 Å². The highest BCUT2D eigenvalue weighted by molar-refractivity contribution is 6.38. The maximum absolute atomic E-state index is 13.3. The molecule has 0 saturated carbocycles. The zero-order chi connectivity index (χ0) is 24.0. The lowest BCUT2D eigenvalue weighted by molar-refractivity contribution is -0.143. The third-order valence-electron chi connectivity index (χ3n) is 6.56. The molecule has 0 radical (unpaired) electrons. The van der Waals surface area contributed by atoms with Crippen LogP contribution >= 0.6 is 0 Å². The van der Waals surface area contributed by atoms with Crippen LogP contribution in [0.5, 0.6) is 0 Å². The Morgan fingerprint density at radius 2 is 1.88 bits per heavy atom. The summed E-state index contributed by atoms with van der Waals surface area (Å²) in [6, 6.07) is 5.80. The summed E-state index contributed by atoms with van der Waals surface area (Å²) in [5.74, 6) is -2.08. The molecule has 1 saturated heterocycles. The van der Waals surface area contributed by atoms with Gasteiger partial charge in [-0.15, -0.1) is 6.58 Å². The maximum Gasteiger partial charge on any atom is 0.289 e. The van der Waals surface area contributed by atoms with Crippen LogP contribution in [0.1, 0.15) is 43.7 Å². The number of nitrogens with zero attached hydrogens (tertiary/aromatic N) is 1. The monoisotopic (exact) mass is 454 g/mol. The number of nitrogens with two attached hydrogens (primary N) is 1. The Morgan fingerprint density at radius 3 is 2.48 bits per heavy atom. The molecule has 1 unspecified atom stereocenters. The van der Waals surface area contributed by atoms with E-state index in [1.165, 1.54) is 17.2 Å². The molecular weight excluding hydrogens is 420 g/mol. The lowest BCUT2D eigenvalue weighted by Crippen LogP contribution is -2.56. The summed E-state index contributed by atoms with van der Waals surface area (Å²) in [6.45, 7) is 6.01. The van der Waals surface area contributed by atoms with Crippen LogP contribution in [-0.2, 0) is 32.0 Å². The van der Waals surface area contributed by atoms with Crippen LogP contribution in [0.3, 0.4) is 0 Å². The molecule has 1 heterocycles. The van der Waals surface area contributed by atoms with Gasteiger partial charge in [0.05, 0.1) is 12.1 Å². The number of carbonyl (C=O) groups excluding carboxylic acids is 4. The van der Waals surface area contributed by atoms with Crippen LogP contribution in [0.25, 0.3) is 0 Å². The van der Waals surface area contributed by atoms with Crippen molar-refractivity contribution in [3.8, 4) is 0 Å². The topological polar surface area (TPSA) is 122 Å². The summed E-state index contributed by atoms with van der Waals surface area (Å²) in [6.07, 6.45) is 5.13. The molecule has 3 rings (SSSR count). The van der Waals surface area contributed by atoms with Crippen molar-refractivity contribution >= 4 is 23.5 Å². The molecule has 3 amide bonds. The zero-order valence-electron chi connectivity index (χ0n) is 19.2. The molecule has 33 heavy (non-hydrogen) atoms. The average Bonchev–Trinajstić information content (AvgIpc) is 3.48. The molecule has 8 heteroatoms. The molecule has 0 spiro atoms. The van der Waals surface area contributed by atoms with Gasteiger partial charge in [0.15, 0.2) is 0 Å². The highest BCUT2D eigenvalue weighted by Gasteiger charge is 2.40. The van der Waals surface area contributed by atoms with E-state index in [0.29, 0.717) is 32.2 Å². The van der Waals surface area contributed by atoms with E-state index in [2.05, 4.69) is 29.3 Å². The highest BCUT2D eigenvalue weighted by atomic mass is 16.2. The van der Waals surface area contributed by atoms with Crippen LogP contribution in [0.2, 0.25) is 0 Å². The summed E-state index contributed by atoms with van der Waals surface area (Å²) in [7, 11) is 0. The molecule has 1 aromatic rings. The van der Waals surface area contributed by atoms with Crippen molar-refractivity contribution in [2.24, 2.45) is 11.7 Å². The van der Waals surface area contributed by atoms with Crippen molar-refractivity contribution in [3.63, 3.8) is 0 Å². The molecule has 4 N–H and O–H groups in total. The highest BCUT2D eigenvalue weighted by Crippen LogP contribution is 2.30. The first-order valence-electron chi connectivity index (χ1n) is 11.7. The lowest BCUT2D eigenvalue weighted by Gasteiger charge is -2.30. The normalized spacial score (nSPS) is 19.5. The summed E-state index contributed by atoms with van der Waals surface area (Å²) in [5.41, 5.74) is 8.83. The largest absolute Gasteiger partial charge is 0.346 e. The van der Waals surface area contributed by atoms with Crippen molar-refractivity contribution < 1.29 is 19.2 Å². The predicted octanol–water partition coefficient (Wildman–Crippen LogP) is 0.876. The summed E-state index contributed by atoms with van der Waals surface area (Å²) in [4.78, 5) is 52.5. The van der Waals surface area contributed by atoms with E-state index in [1.807, 2.05) is 19.1 Å². The number of ketones is 1. The van der Waals surface area contributed by atoms with E-state index < -0.39 is 35.7 Å². The van der Waals surface area contributed by atoms with Crippen LogP contribution in [0.15, 0.2) is 36.9 Å². The van der Waals surface area contributed by atoms with Gasteiger partial charge in [-0.3, -0.25) is 19.2 Å². The number of benzene rings is 1. The van der Waals surface area contributed by atoms with Gasteiger partial charge in [-0.1, -0.05) is 43.7 Å². The Hall–Kier alpha value is -3.00. The fourth-order valence-electron chi connectivity index (χ4n) is 4.78. The fraction of sp³-hybridized carbons (Fsp3) is 0.520. The fourth-order valence-corrected chi connectivity index (χ4v) is 4.78. The first kappa shape index (κ1) is 24.6. The summed E-state index contributed by atoms with van der Waals surface area (Å²) < 4.78 is 0. The summed E-state index contributed by atoms with van der Waals surface area (Å²) in [5, 5.41) is 5.17. The molecule has 0 bridgehead atoms. The van der Waals surface area contributed by atoms with Crippen molar-refractivity contribution in [3.05, 3.63) is 48.0 Å². The van der Waals surface area contributed by atoms with Gasteiger partial charge in [0.2, 0.25) is 17.6 Å². The molecule has 1 fully saturated rings. The third-order valence-corrected chi connectivity index (χ3v) is 6.56. The molecule has 1 aromatic carbocycles. The van der Waals surface area contributed by atoms with Crippen molar-refractivity contribution in [2.45, 2.75) is 63.6 Å². The maximum atomic E-state index is 13.3. The third kappa shape index (κ3) is 5.68. The molecule has 8 nitrogen and oxygen atoms in total. The number of carbonyl (C=O) groups is 4. The minimum absolute atomic E-state index is 0.00202. The number of nitrogens with one attached hydrogen (secondary N) is 2. The van der Waals surface area contributed by atoms with Gasteiger partial charge in [-0.05, 0) is 49.1 Å². The van der Waals surface area contributed by atoms with E-state index in [-0.39, 0.29) is 18.4 Å². The van der Waals surface area contributed by atoms with Crippen molar-refractivity contribution in [1.82, 2.24) is 15.5 Å². The molecule has 3 atom stereocenters. The van der Waals surface area contributed by atoms with E-state index in [4.69, 9.17) is 5.73 Å². The van der Waals surface area contributed by atoms with Crippen LogP contribution in [0, 0.1) is 5.92 Å². The smallest absolute Gasteiger partial charge is 0.289 e. The number of amides is 3. The van der Waals surface area contributed by atoms with Crippen molar-refractivity contribution in [1.29, 1.82) is 0 Å². The van der Waals surface area contributed by atoms with E-state index in [1.54, 1.807) is 4.90 Å². The predicted molar refractivity (Wildman–Crippen MR) is 125 cm³/mol. The first-order chi connectivity index (χ1) is 15.9. The second-order valence-electron chi connectivity index (χ2n) is 8.87. The summed E-state index contributed by atoms with van der Waals surface area (Å²) >= 11 is 0. The van der Waals surface area contributed by atoms with Gasteiger partial charge >= 0.3 is 0 Å². The number of likely N-dealkylation sites (tertiary alicyclic amines) is 1. The number of rotatable bonds is 10. The van der Waals surface area contributed by atoms with Gasteiger partial charge in [0.1, 0.15) is 6.04 Å². The molecule has 0 aromatic heterocycles. The Morgan fingerprint density at radius 1 is 1.21 bits per heavy atom. The van der Waals surface area contributed by atoms with Gasteiger partial charge < -0.3 is 21.3 Å². The Kier molecular flexibility index (Phi) is 8.38. The van der Waals surface area contributed by atoms with Crippen LogP contribution in [-0.4, -0.2) is 59.6 Å². The molecule has 178 valence electrons. The second kappa shape index (κ2) is 11.2. The van der Waals surface area contributed by atoms with Gasteiger partial charge in [0.25, 0.3) is 5.91 Å². The Bertz CT molecular complexity index is 890. The number of Topliss-reactive ketones (excluding diaryl/α,β-unsaturated/α-hetero) is 1. The Labute approximate surface area is 195 Å². The van der Waals surface area contributed by atoms with Gasteiger partial charge in [0, 0.05) is 13.1 Å². The lowest BCUT2D eigenvalue weighted by atomic mass is 9.96. The number of hydrogen-bond acceptors (Lipinski definition) is 5. The van der Waals surface area contributed by atoms with Gasteiger partial charge in [-0.25, -0.2) is 0 Å². The SMILES string of the molecule is C=CCNC(=O)C(=O)C(CCC)NC(=O)[C@@H]1CCCN1C(=O)[C@@H](N)C1Cc2ccccc2C1. The average molecular weight is 455 g/mol. The minimum atomic E-state index is -0.928. The standard InChI is InChI=1S/C25H34N4O4/c1-3-8-19(22(30)24(32)27-12-4-2)28-23(31)20-11-7-13-29(20)25(33)21(26)18-14-16-9-5-6-10-17(16)15-18/h4-6,9-10,18-21H,2-3,7-8,11-15,26H2,1H3,(H,27,32)(H,28,31)/t19?,20-,21-/m0/s1. The second-order valence-corrected chi connectivity index (χ2v) is 8.87. The van der Waals surface area contributed by atoms with Crippen molar-refractivity contribution in [2.75, 3.05) is 13.1 Å². The Balaban J connectivity index is 1.63. The molecular formula is C25H34N4O4. The zero-order valence-corrected chi connectivity index (χ0v) is 19.2. The molecule has 1 aliphatic heterocycles. The van der Waals surface area contributed by atoms with Crippen LogP contribution < -0.4 is 16.4 Å². The van der Waals surface area contributed by atoms with E-state index in [9.17, 15) is 19.2 Å². The van der Waals surface area contributed by atoms with E-state index >= 15 is 0 Å². The number of fused-ring (bicyclic) bond motifs is 1. The minimum Gasteiger partial charge on any atom is -0.346 e. The molecule has 1 aliphatic carbocycles. The van der Waals surface area contributed by atoms with Gasteiger partial charge in [-0.2, -0.15) is 0 Å². The molecule has 2 aliphatic rings. The number of hydrogen-bond donors (Lipinski definition) is 3. The van der Waals surface area contributed by atoms with Crippen LogP contribution in [0.4, 0.5) is 0 Å². The quantitative estimate of drug-likeness (QED) is 0.358.